The minimum atomic E-state index is 0.507. The summed E-state index contributed by atoms with van der Waals surface area (Å²) in [5, 5.41) is 0. The van der Waals surface area contributed by atoms with E-state index < -0.39 is 0 Å². The monoisotopic (exact) mass is 180 g/mol. The molecule has 0 aromatic rings. The fourth-order valence-electron chi connectivity index (χ4n) is 2.90. The average molecular weight is 180 g/mol. The molecule has 0 N–H and O–H groups in total. The van der Waals surface area contributed by atoms with Gasteiger partial charge in [0.2, 0.25) is 0 Å². The van der Waals surface area contributed by atoms with Gasteiger partial charge in [-0.25, -0.2) is 0 Å². The predicted octanol–water partition coefficient (Wildman–Crippen LogP) is 3.04. The zero-order chi connectivity index (χ0) is 9.42. The van der Waals surface area contributed by atoms with E-state index in [4.69, 9.17) is 0 Å². The number of Topliss-reactive ketones (excluding diaryl/α,β-unsaturated/α-hetero) is 1. The first-order valence-corrected chi connectivity index (χ1v) is 5.73. The molecule has 0 bridgehead atoms. The van der Waals surface area contributed by atoms with E-state index >= 15 is 0 Å². The Kier molecular flexibility index (Phi) is 2.44. The highest BCUT2D eigenvalue weighted by atomic mass is 16.1. The molecular weight excluding hydrogens is 160 g/mol. The lowest BCUT2D eigenvalue weighted by atomic mass is 10.00. The maximum absolute atomic E-state index is 11.7. The first-order chi connectivity index (χ1) is 6.20. The van der Waals surface area contributed by atoms with E-state index in [9.17, 15) is 4.79 Å². The highest BCUT2D eigenvalue weighted by Gasteiger charge is 2.55. The smallest absolute Gasteiger partial charge is 0.136 e. The van der Waals surface area contributed by atoms with Crippen molar-refractivity contribution in [3.8, 4) is 0 Å². The van der Waals surface area contributed by atoms with Crippen LogP contribution in [0.2, 0.25) is 0 Å². The highest BCUT2D eigenvalue weighted by molar-refractivity contribution is 5.84. The molecule has 2 rings (SSSR count). The number of ketones is 1. The van der Waals surface area contributed by atoms with Crippen molar-refractivity contribution in [3.05, 3.63) is 0 Å². The van der Waals surface area contributed by atoms with Crippen LogP contribution < -0.4 is 0 Å². The second kappa shape index (κ2) is 3.43. The van der Waals surface area contributed by atoms with Gasteiger partial charge >= 0.3 is 0 Å². The fourth-order valence-corrected chi connectivity index (χ4v) is 2.90. The van der Waals surface area contributed by atoms with Gasteiger partial charge in [-0.3, -0.25) is 4.79 Å². The van der Waals surface area contributed by atoms with E-state index in [1.165, 1.54) is 19.3 Å². The summed E-state index contributed by atoms with van der Waals surface area (Å²) < 4.78 is 0. The van der Waals surface area contributed by atoms with E-state index in [1.807, 2.05) is 0 Å². The summed E-state index contributed by atoms with van der Waals surface area (Å²) in [5.74, 6) is 3.40. The number of fused-ring (bicyclic) bond motifs is 1. The first kappa shape index (κ1) is 9.23. The van der Waals surface area contributed by atoms with Crippen LogP contribution in [0.4, 0.5) is 0 Å². The lowest BCUT2D eigenvalue weighted by Crippen LogP contribution is -2.06. The van der Waals surface area contributed by atoms with Gasteiger partial charge in [-0.05, 0) is 37.0 Å². The van der Waals surface area contributed by atoms with E-state index in [1.54, 1.807) is 0 Å². The second-order valence-electron chi connectivity index (χ2n) is 5.18. The molecule has 2 atom stereocenters. The molecule has 2 aliphatic rings. The molecule has 0 amide bonds. The normalized spacial score (nSPS) is 36.4. The molecule has 13 heavy (non-hydrogen) atoms. The third-order valence-corrected chi connectivity index (χ3v) is 3.75. The van der Waals surface area contributed by atoms with Crippen molar-refractivity contribution >= 4 is 5.78 Å². The van der Waals surface area contributed by atoms with Crippen molar-refractivity contribution in [2.24, 2.45) is 23.7 Å². The summed E-state index contributed by atoms with van der Waals surface area (Å²) in [6, 6.07) is 0. The number of hydrogen-bond acceptors (Lipinski definition) is 1. The Balaban J connectivity index is 1.74. The minimum absolute atomic E-state index is 0.507. The Morgan fingerprint density at radius 2 is 1.92 bits per heavy atom. The van der Waals surface area contributed by atoms with E-state index in [0.29, 0.717) is 17.6 Å². The number of carbonyl (C=O) groups excluding carboxylic acids is 1. The van der Waals surface area contributed by atoms with Crippen molar-refractivity contribution in [3.63, 3.8) is 0 Å². The maximum Gasteiger partial charge on any atom is 0.136 e. The standard InChI is InChI=1S/C12H20O/c1-8(2)6-7-11(13)12-9-4-3-5-10(9)12/h8-10,12H,3-7H2,1-2H3. The minimum Gasteiger partial charge on any atom is -0.299 e. The van der Waals surface area contributed by atoms with Crippen LogP contribution in [0, 0.1) is 23.7 Å². The van der Waals surface area contributed by atoms with Gasteiger partial charge in [0.1, 0.15) is 5.78 Å². The van der Waals surface area contributed by atoms with Crippen molar-refractivity contribution < 1.29 is 4.79 Å². The van der Waals surface area contributed by atoms with Crippen molar-refractivity contribution in [2.75, 3.05) is 0 Å². The molecule has 74 valence electrons. The summed E-state index contributed by atoms with van der Waals surface area (Å²) in [6.45, 7) is 4.39. The SMILES string of the molecule is CC(C)CCC(=O)C1C2CCCC21. The molecule has 2 saturated carbocycles. The second-order valence-corrected chi connectivity index (χ2v) is 5.18. The fraction of sp³-hybridized carbons (Fsp3) is 0.917. The molecule has 2 aliphatic carbocycles. The zero-order valence-corrected chi connectivity index (χ0v) is 8.75. The van der Waals surface area contributed by atoms with Gasteiger partial charge in [0.05, 0.1) is 0 Å². The van der Waals surface area contributed by atoms with E-state index in [-0.39, 0.29) is 0 Å². The molecular formula is C12H20O. The van der Waals surface area contributed by atoms with Crippen LogP contribution in [0.15, 0.2) is 0 Å². The van der Waals surface area contributed by atoms with Gasteiger partial charge < -0.3 is 0 Å². The quantitative estimate of drug-likeness (QED) is 0.650. The first-order valence-electron chi connectivity index (χ1n) is 5.73. The lowest BCUT2D eigenvalue weighted by molar-refractivity contribution is -0.121. The Labute approximate surface area is 80.9 Å². The van der Waals surface area contributed by atoms with Crippen molar-refractivity contribution in [1.29, 1.82) is 0 Å². The zero-order valence-electron chi connectivity index (χ0n) is 8.75. The highest BCUT2D eigenvalue weighted by Crippen LogP contribution is 2.58. The lowest BCUT2D eigenvalue weighted by Gasteiger charge is -2.04. The van der Waals surface area contributed by atoms with Crippen LogP contribution in [0.1, 0.15) is 46.0 Å². The van der Waals surface area contributed by atoms with Crippen molar-refractivity contribution in [2.45, 2.75) is 46.0 Å². The molecule has 2 unspecified atom stereocenters. The van der Waals surface area contributed by atoms with Crippen LogP contribution in [0.3, 0.4) is 0 Å². The Hall–Kier alpha value is -0.330. The number of rotatable bonds is 4. The van der Waals surface area contributed by atoms with Crippen LogP contribution in [-0.4, -0.2) is 5.78 Å². The molecule has 1 heteroatoms. The van der Waals surface area contributed by atoms with Gasteiger partial charge in [-0.2, -0.15) is 0 Å². The molecule has 0 saturated heterocycles. The topological polar surface area (TPSA) is 17.1 Å². The summed E-state index contributed by atoms with van der Waals surface area (Å²) in [5.41, 5.74) is 0. The van der Waals surface area contributed by atoms with Crippen LogP contribution in [0.25, 0.3) is 0 Å². The van der Waals surface area contributed by atoms with Gasteiger partial charge in [-0.15, -0.1) is 0 Å². The van der Waals surface area contributed by atoms with Gasteiger partial charge in [0.25, 0.3) is 0 Å². The van der Waals surface area contributed by atoms with E-state index in [2.05, 4.69) is 13.8 Å². The molecule has 0 aliphatic heterocycles. The van der Waals surface area contributed by atoms with Gasteiger partial charge in [0, 0.05) is 12.3 Å². The van der Waals surface area contributed by atoms with Gasteiger partial charge in [-0.1, -0.05) is 20.3 Å². The molecule has 2 fully saturated rings. The number of hydrogen-bond donors (Lipinski definition) is 0. The van der Waals surface area contributed by atoms with Crippen molar-refractivity contribution in [1.82, 2.24) is 0 Å². The van der Waals surface area contributed by atoms with Crippen LogP contribution in [0.5, 0.6) is 0 Å². The van der Waals surface area contributed by atoms with Crippen LogP contribution in [-0.2, 0) is 4.79 Å². The summed E-state index contributed by atoms with van der Waals surface area (Å²) in [4.78, 5) is 11.7. The summed E-state index contributed by atoms with van der Waals surface area (Å²) >= 11 is 0. The Morgan fingerprint density at radius 1 is 1.31 bits per heavy atom. The van der Waals surface area contributed by atoms with Gasteiger partial charge in [0.15, 0.2) is 0 Å². The third kappa shape index (κ3) is 1.79. The Morgan fingerprint density at radius 3 is 2.46 bits per heavy atom. The maximum atomic E-state index is 11.7. The largest absolute Gasteiger partial charge is 0.299 e. The molecule has 0 spiro atoms. The summed E-state index contributed by atoms with van der Waals surface area (Å²) in [6.07, 6.45) is 5.99. The Bertz CT molecular complexity index is 197. The molecule has 0 heterocycles. The average Bonchev–Trinajstić information content (AvgIpc) is 2.56. The van der Waals surface area contributed by atoms with Crippen LogP contribution >= 0.6 is 0 Å². The molecule has 0 aromatic carbocycles. The summed E-state index contributed by atoms with van der Waals surface area (Å²) in [7, 11) is 0. The van der Waals surface area contributed by atoms with E-state index in [0.717, 1.165) is 24.7 Å². The molecule has 0 radical (unpaired) electrons. The number of carbonyl (C=O) groups is 1. The predicted molar refractivity (Wildman–Crippen MR) is 53.4 cm³/mol. The molecule has 0 aromatic heterocycles. The third-order valence-electron chi connectivity index (χ3n) is 3.75. The molecule has 1 nitrogen and oxygen atoms in total.